The Morgan fingerprint density at radius 3 is 2.55 bits per heavy atom. The van der Waals surface area contributed by atoms with Gasteiger partial charge in [0, 0.05) is 6.07 Å². The third-order valence-electron chi connectivity index (χ3n) is 2.77. The fourth-order valence-corrected chi connectivity index (χ4v) is 1.79. The minimum atomic E-state index is -0.858. The largest absolute Gasteiger partial charge is 0.466 e. The lowest BCUT2D eigenvalue weighted by atomic mass is 9.94. The topological polar surface area (TPSA) is 95.7 Å². The van der Waals surface area contributed by atoms with Crippen LogP contribution in [0.15, 0.2) is 18.2 Å². The average molecular weight is 281 g/mol. The van der Waals surface area contributed by atoms with Crippen molar-refractivity contribution in [2.24, 2.45) is 0 Å². The molecular formula is C13H15NO6. The summed E-state index contributed by atoms with van der Waals surface area (Å²) in [7, 11) is 1.12. The molecule has 0 aliphatic heterocycles. The fraction of sp³-hybridized carbons (Fsp3) is 0.385. The van der Waals surface area contributed by atoms with E-state index in [-0.39, 0.29) is 17.7 Å². The molecule has 0 aliphatic carbocycles. The third-order valence-corrected chi connectivity index (χ3v) is 2.77. The van der Waals surface area contributed by atoms with Gasteiger partial charge in [-0.25, -0.2) is 4.79 Å². The number of esters is 2. The van der Waals surface area contributed by atoms with E-state index in [1.54, 1.807) is 6.92 Å². The summed E-state index contributed by atoms with van der Waals surface area (Å²) in [6.07, 6.45) is 0. The normalized spacial score (nSPS) is 11.6. The van der Waals surface area contributed by atoms with E-state index in [1.165, 1.54) is 25.1 Å². The summed E-state index contributed by atoms with van der Waals surface area (Å²) in [6, 6.07) is 4.07. The molecule has 1 aromatic rings. The van der Waals surface area contributed by atoms with Gasteiger partial charge in [-0.2, -0.15) is 0 Å². The maximum Gasteiger partial charge on any atom is 0.345 e. The number of carbonyl (C=O) groups is 2. The van der Waals surface area contributed by atoms with E-state index in [4.69, 9.17) is 4.74 Å². The Morgan fingerprint density at radius 1 is 1.40 bits per heavy atom. The first kappa shape index (κ1) is 15.6. The second-order valence-corrected chi connectivity index (χ2v) is 3.96. The van der Waals surface area contributed by atoms with Crippen LogP contribution in [-0.4, -0.2) is 30.6 Å². The van der Waals surface area contributed by atoms with Crippen LogP contribution in [-0.2, 0) is 14.3 Å². The number of ether oxygens (including phenoxy) is 2. The van der Waals surface area contributed by atoms with Crippen LogP contribution in [0.5, 0.6) is 0 Å². The van der Waals surface area contributed by atoms with Crippen LogP contribution in [0.2, 0.25) is 0 Å². The zero-order valence-electron chi connectivity index (χ0n) is 11.4. The van der Waals surface area contributed by atoms with E-state index < -0.39 is 28.5 Å². The van der Waals surface area contributed by atoms with Gasteiger partial charge in [0.15, 0.2) is 0 Å². The molecule has 0 aromatic heterocycles. The molecule has 108 valence electrons. The van der Waals surface area contributed by atoms with Crippen LogP contribution in [0.1, 0.15) is 35.7 Å². The van der Waals surface area contributed by atoms with Crippen molar-refractivity contribution in [3.05, 3.63) is 39.4 Å². The van der Waals surface area contributed by atoms with Gasteiger partial charge in [-0.3, -0.25) is 14.9 Å². The number of nitro benzene ring substituents is 1. The summed E-state index contributed by atoms with van der Waals surface area (Å²) in [5.74, 6) is -2.22. The lowest BCUT2D eigenvalue weighted by Gasteiger charge is -2.14. The molecule has 0 amide bonds. The highest BCUT2D eigenvalue weighted by molar-refractivity contribution is 5.97. The predicted octanol–water partition coefficient (Wildman–Crippen LogP) is 2.05. The molecule has 0 spiro atoms. The number of rotatable bonds is 5. The van der Waals surface area contributed by atoms with Crippen molar-refractivity contribution in [2.75, 3.05) is 13.7 Å². The van der Waals surface area contributed by atoms with E-state index in [9.17, 15) is 19.7 Å². The third kappa shape index (κ3) is 3.11. The number of carbonyl (C=O) groups excluding carboxylic acids is 2. The predicted molar refractivity (Wildman–Crippen MR) is 69.5 cm³/mol. The summed E-state index contributed by atoms with van der Waals surface area (Å²) in [4.78, 5) is 33.8. The lowest BCUT2D eigenvalue weighted by molar-refractivity contribution is -0.385. The molecule has 0 aliphatic rings. The Kier molecular flexibility index (Phi) is 5.19. The minimum absolute atomic E-state index is 0.186. The molecule has 7 heteroatoms. The minimum Gasteiger partial charge on any atom is -0.466 e. The van der Waals surface area contributed by atoms with Crippen LogP contribution in [0.3, 0.4) is 0 Å². The highest BCUT2D eigenvalue weighted by Gasteiger charge is 2.30. The maximum absolute atomic E-state index is 11.8. The quantitative estimate of drug-likeness (QED) is 0.465. The Labute approximate surface area is 115 Å². The molecule has 0 saturated carbocycles. The molecular weight excluding hydrogens is 266 g/mol. The monoisotopic (exact) mass is 281 g/mol. The fourth-order valence-electron chi connectivity index (χ4n) is 1.79. The highest BCUT2D eigenvalue weighted by atomic mass is 16.6. The standard InChI is InChI=1S/C13H15NO6/c1-4-20-12(15)8(2)9-6-5-7-10(14(17)18)11(9)13(16)19-3/h5-8H,4H2,1-3H3. The van der Waals surface area contributed by atoms with Gasteiger partial charge in [0.25, 0.3) is 5.69 Å². The number of hydrogen-bond donors (Lipinski definition) is 0. The van der Waals surface area contributed by atoms with Crippen molar-refractivity contribution in [3.63, 3.8) is 0 Å². The molecule has 7 nitrogen and oxygen atoms in total. The second kappa shape index (κ2) is 6.65. The zero-order valence-corrected chi connectivity index (χ0v) is 11.4. The van der Waals surface area contributed by atoms with Gasteiger partial charge >= 0.3 is 11.9 Å². The highest BCUT2D eigenvalue weighted by Crippen LogP contribution is 2.29. The summed E-state index contributed by atoms with van der Waals surface area (Å²) in [5, 5.41) is 11.0. The number of benzene rings is 1. The summed E-state index contributed by atoms with van der Waals surface area (Å²) < 4.78 is 9.43. The van der Waals surface area contributed by atoms with Gasteiger partial charge in [0.05, 0.1) is 24.6 Å². The van der Waals surface area contributed by atoms with E-state index in [1.807, 2.05) is 0 Å². The Morgan fingerprint density at radius 2 is 2.05 bits per heavy atom. The van der Waals surface area contributed by atoms with Crippen LogP contribution < -0.4 is 0 Å². The van der Waals surface area contributed by atoms with Gasteiger partial charge in [-0.1, -0.05) is 12.1 Å². The average Bonchev–Trinajstić information content (AvgIpc) is 2.44. The molecule has 0 fully saturated rings. The van der Waals surface area contributed by atoms with Crippen molar-refractivity contribution in [2.45, 2.75) is 19.8 Å². The van der Waals surface area contributed by atoms with E-state index in [0.29, 0.717) is 0 Å². The molecule has 0 N–H and O–H groups in total. The number of methoxy groups -OCH3 is 1. The van der Waals surface area contributed by atoms with Gasteiger partial charge < -0.3 is 9.47 Å². The zero-order chi connectivity index (χ0) is 15.3. The molecule has 0 heterocycles. The number of nitro groups is 1. The van der Waals surface area contributed by atoms with Crippen molar-refractivity contribution in [1.29, 1.82) is 0 Å². The first-order valence-electron chi connectivity index (χ1n) is 5.96. The molecule has 20 heavy (non-hydrogen) atoms. The van der Waals surface area contributed by atoms with Crippen molar-refractivity contribution in [1.82, 2.24) is 0 Å². The molecule has 0 radical (unpaired) electrons. The molecule has 1 atom stereocenters. The molecule has 1 rings (SSSR count). The number of hydrogen-bond acceptors (Lipinski definition) is 6. The van der Waals surface area contributed by atoms with Crippen LogP contribution in [0, 0.1) is 10.1 Å². The summed E-state index contributed by atoms with van der Waals surface area (Å²) >= 11 is 0. The van der Waals surface area contributed by atoms with Gasteiger partial charge in [-0.15, -0.1) is 0 Å². The van der Waals surface area contributed by atoms with Gasteiger partial charge in [0.1, 0.15) is 5.56 Å². The Bertz CT molecular complexity index is 540. The molecule has 1 aromatic carbocycles. The van der Waals surface area contributed by atoms with Crippen molar-refractivity contribution < 1.29 is 24.0 Å². The lowest BCUT2D eigenvalue weighted by Crippen LogP contribution is -2.18. The first-order valence-corrected chi connectivity index (χ1v) is 5.96. The Hall–Kier alpha value is -2.44. The van der Waals surface area contributed by atoms with Gasteiger partial charge in [0.2, 0.25) is 0 Å². The van der Waals surface area contributed by atoms with Crippen molar-refractivity contribution >= 4 is 17.6 Å². The van der Waals surface area contributed by atoms with E-state index in [2.05, 4.69) is 4.74 Å². The van der Waals surface area contributed by atoms with E-state index >= 15 is 0 Å². The first-order chi connectivity index (χ1) is 9.43. The molecule has 1 unspecified atom stereocenters. The Balaban J connectivity index is 3.39. The smallest absolute Gasteiger partial charge is 0.345 e. The number of nitrogens with zero attached hydrogens (tertiary/aromatic N) is 1. The SMILES string of the molecule is CCOC(=O)C(C)c1cccc([N+](=O)[O-])c1C(=O)OC. The molecule has 0 saturated heterocycles. The van der Waals surface area contributed by atoms with Crippen molar-refractivity contribution in [3.8, 4) is 0 Å². The van der Waals surface area contributed by atoms with Crippen LogP contribution in [0.4, 0.5) is 5.69 Å². The van der Waals surface area contributed by atoms with Crippen LogP contribution >= 0.6 is 0 Å². The summed E-state index contributed by atoms with van der Waals surface area (Å²) in [6.45, 7) is 3.36. The van der Waals surface area contributed by atoms with Gasteiger partial charge in [-0.05, 0) is 19.4 Å². The molecule has 0 bridgehead atoms. The summed E-state index contributed by atoms with van der Waals surface area (Å²) in [5.41, 5.74) is -0.407. The second-order valence-electron chi connectivity index (χ2n) is 3.96. The maximum atomic E-state index is 11.8. The van der Waals surface area contributed by atoms with E-state index in [0.717, 1.165) is 7.11 Å². The van der Waals surface area contributed by atoms with Crippen LogP contribution in [0.25, 0.3) is 0 Å².